The zero-order chi connectivity index (χ0) is 35.7. The van der Waals surface area contributed by atoms with Crippen molar-refractivity contribution in [3.05, 3.63) is 0 Å². The highest BCUT2D eigenvalue weighted by molar-refractivity contribution is 8.13. The average molecular weight is 699 g/mol. The van der Waals surface area contributed by atoms with Gasteiger partial charge in [0.25, 0.3) is 5.24 Å². The highest BCUT2D eigenvalue weighted by Crippen LogP contribution is 2.20. The molecular weight excluding hydrogens is 621 g/mol. The molecule has 0 aromatic heterocycles. The Morgan fingerprint density at radius 3 is 1.15 bits per heavy atom. The lowest BCUT2D eigenvalue weighted by molar-refractivity contribution is -0.153. The van der Waals surface area contributed by atoms with Gasteiger partial charge in [-0.2, -0.15) is 0 Å². The SMILES string of the molecule is CCCCCCCC(CCCCCCC)OC(=O)CN(CC(=O)OC(CCCCCCC)CCCCCCC)C(=O)SCCCN(C)C. The molecular formula is C40H78N2O5S. The molecule has 48 heavy (non-hydrogen) atoms. The molecule has 0 fully saturated rings. The van der Waals surface area contributed by atoms with Crippen LogP contribution in [0.1, 0.15) is 188 Å². The van der Waals surface area contributed by atoms with Crippen LogP contribution in [0.3, 0.4) is 0 Å². The van der Waals surface area contributed by atoms with Crippen LogP contribution in [0.4, 0.5) is 4.79 Å². The Balaban J connectivity index is 5.44. The van der Waals surface area contributed by atoms with Gasteiger partial charge in [0, 0.05) is 5.75 Å². The van der Waals surface area contributed by atoms with Gasteiger partial charge >= 0.3 is 11.9 Å². The van der Waals surface area contributed by atoms with Gasteiger partial charge in [0.1, 0.15) is 25.3 Å². The van der Waals surface area contributed by atoms with Crippen LogP contribution in [0.2, 0.25) is 0 Å². The number of amides is 1. The first-order valence-corrected chi connectivity index (χ1v) is 21.2. The second-order valence-electron chi connectivity index (χ2n) is 14.2. The first kappa shape index (κ1) is 46.7. The fourth-order valence-electron chi connectivity index (χ4n) is 6.00. The van der Waals surface area contributed by atoms with E-state index in [4.69, 9.17) is 9.47 Å². The van der Waals surface area contributed by atoms with Gasteiger partial charge in [-0.1, -0.05) is 142 Å². The van der Waals surface area contributed by atoms with Crippen LogP contribution < -0.4 is 0 Å². The Kier molecular flexibility index (Phi) is 33.3. The Hall–Kier alpha value is -1.28. The first-order valence-electron chi connectivity index (χ1n) is 20.2. The lowest BCUT2D eigenvalue weighted by Crippen LogP contribution is -2.40. The number of carbonyl (C=O) groups excluding carboxylic acids is 3. The van der Waals surface area contributed by atoms with E-state index in [9.17, 15) is 14.4 Å². The van der Waals surface area contributed by atoms with E-state index < -0.39 is 11.9 Å². The van der Waals surface area contributed by atoms with E-state index in [1.54, 1.807) is 0 Å². The van der Waals surface area contributed by atoms with Gasteiger partial charge in [0.2, 0.25) is 0 Å². The number of unbranched alkanes of at least 4 members (excludes halogenated alkanes) is 16. The number of esters is 2. The van der Waals surface area contributed by atoms with Crippen LogP contribution >= 0.6 is 11.8 Å². The third-order valence-electron chi connectivity index (χ3n) is 8.99. The maximum atomic E-state index is 13.4. The van der Waals surface area contributed by atoms with Crippen LogP contribution in [-0.2, 0) is 19.1 Å². The summed E-state index contributed by atoms with van der Waals surface area (Å²) >= 11 is 1.18. The monoisotopic (exact) mass is 699 g/mol. The average Bonchev–Trinajstić information content (AvgIpc) is 3.05. The molecule has 7 nitrogen and oxygen atoms in total. The van der Waals surface area contributed by atoms with Crippen LogP contribution in [0.5, 0.6) is 0 Å². The molecule has 0 atom stereocenters. The van der Waals surface area contributed by atoms with Crippen molar-refractivity contribution in [1.29, 1.82) is 0 Å². The van der Waals surface area contributed by atoms with E-state index in [2.05, 4.69) is 32.6 Å². The fraction of sp³-hybridized carbons (Fsp3) is 0.925. The number of hydrogen-bond acceptors (Lipinski definition) is 7. The van der Waals surface area contributed by atoms with Gasteiger partial charge in [-0.25, -0.2) is 0 Å². The molecule has 1 amide bonds. The van der Waals surface area contributed by atoms with E-state index in [1.165, 1.54) is 93.7 Å². The second-order valence-corrected chi connectivity index (χ2v) is 15.2. The third-order valence-corrected chi connectivity index (χ3v) is 9.99. The molecule has 0 spiro atoms. The molecule has 284 valence electrons. The molecule has 0 saturated carbocycles. The minimum absolute atomic E-state index is 0.137. The molecule has 0 aliphatic rings. The minimum atomic E-state index is -0.416. The summed E-state index contributed by atoms with van der Waals surface area (Å²) in [6, 6.07) is 0. The largest absolute Gasteiger partial charge is 0.461 e. The summed E-state index contributed by atoms with van der Waals surface area (Å²) in [5, 5.41) is -0.256. The van der Waals surface area contributed by atoms with Crippen LogP contribution in [0.25, 0.3) is 0 Å². The molecule has 0 bridgehead atoms. The number of carbonyl (C=O) groups is 3. The minimum Gasteiger partial charge on any atom is -0.461 e. The Morgan fingerprint density at radius 1 is 0.500 bits per heavy atom. The summed E-state index contributed by atoms with van der Waals surface area (Å²) in [6.45, 7) is 9.31. The van der Waals surface area contributed by atoms with E-state index >= 15 is 0 Å². The molecule has 0 radical (unpaired) electrons. The summed E-state index contributed by atoms with van der Waals surface area (Å²) in [6.07, 6.45) is 27.4. The van der Waals surface area contributed by atoms with Gasteiger partial charge in [-0.15, -0.1) is 0 Å². The summed E-state index contributed by atoms with van der Waals surface area (Å²) in [5.74, 6) is -0.199. The van der Waals surface area contributed by atoms with Crippen LogP contribution in [0.15, 0.2) is 0 Å². The number of hydrogen-bond donors (Lipinski definition) is 0. The van der Waals surface area contributed by atoms with Crippen molar-refractivity contribution in [2.45, 2.75) is 200 Å². The number of nitrogens with zero attached hydrogens (tertiary/aromatic N) is 2. The van der Waals surface area contributed by atoms with Gasteiger partial charge in [0.15, 0.2) is 0 Å². The lowest BCUT2D eigenvalue weighted by Gasteiger charge is -2.25. The molecule has 8 heteroatoms. The number of ether oxygens (including phenoxy) is 2. The van der Waals surface area contributed by atoms with Crippen molar-refractivity contribution in [2.75, 3.05) is 39.5 Å². The summed E-state index contributed by atoms with van der Waals surface area (Å²) in [7, 11) is 4.03. The van der Waals surface area contributed by atoms with E-state index in [-0.39, 0.29) is 30.5 Å². The molecule has 0 aromatic rings. The highest BCUT2D eigenvalue weighted by Gasteiger charge is 2.25. The van der Waals surface area contributed by atoms with Crippen molar-refractivity contribution < 1.29 is 23.9 Å². The standard InChI is InChI=1S/C40H78N2O5S/c1-7-11-15-19-23-28-36(29-24-20-16-12-8-2)46-38(43)34-42(40(45)48-33-27-32-41(5)6)35-39(44)47-37(30-25-21-17-13-9-3)31-26-22-18-14-10-4/h36-37H,7-35H2,1-6H3. The zero-order valence-corrected chi connectivity index (χ0v) is 33.3. The van der Waals surface area contributed by atoms with Crippen molar-refractivity contribution in [3.63, 3.8) is 0 Å². The van der Waals surface area contributed by atoms with E-state index in [0.717, 1.165) is 90.0 Å². The molecule has 0 aliphatic heterocycles. The van der Waals surface area contributed by atoms with Crippen molar-refractivity contribution in [3.8, 4) is 0 Å². The molecule has 0 heterocycles. The Morgan fingerprint density at radius 2 is 0.833 bits per heavy atom. The summed E-state index contributed by atoms with van der Waals surface area (Å²) < 4.78 is 12.1. The third kappa shape index (κ3) is 29.6. The zero-order valence-electron chi connectivity index (χ0n) is 32.5. The molecule has 0 aromatic carbocycles. The number of thioether (sulfide) groups is 1. The van der Waals surface area contributed by atoms with Crippen LogP contribution in [0, 0.1) is 0 Å². The normalized spacial score (nSPS) is 11.5. The molecule has 0 N–H and O–H groups in total. The van der Waals surface area contributed by atoms with E-state index in [0.29, 0.717) is 5.75 Å². The topological polar surface area (TPSA) is 76.1 Å². The molecule has 0 unspecified atom stereocenters. The van der Waals surface area contributed by atoms with Crippen molar-refractivity contribution in [1.82, 2.24) is 9.80 Å². The molecule has 0 saturated heterocycles. The Bertz CT molecular complexity index is 690. The van der Waals surface area contributed by atoms with Gasteiger partial charge in [0.05, 0.1) is 0 Å². The van der Waals surface area contributed by atoms with Crippen LogP contribution in [-0.4, -0.2) is 78.7 Å². The predicted molar refractivity (Wildman–Crippen MR) is 206 cm³/mol. The second kappa shape index (κ2) is 34.2. The molecule has 0 rings (SSSR count). The lowest BCUT2D eigenvalue weighted by atomic mass is 10.0. The predicted octanol–water partition coefficient (Wildman–Crippen LogP) is 11.4. The Labute approximate surface area is 301 Å². The maximum absolute atomic E-state index is 13.4. The van der Waals surface area contributed by atoms with Crippen molar-refractivity contribution >= 4 is 28.9 Å². The highest BCUT2D eigenvalue weighted by atomic mass is 32.2. The first-order chi connectivity index (χ1) is 23.3. The van der Waals surface area contributed by atoms with Gasteiger partial charge in [-0.05, 0) is 78.4 Å². The summed E-state index contributed by atoms with van der Waals surface area (Å²) in [5.41, 5.74) is 0. The smallest absolute Gasteiger partial charge is 0.325 e. The van der Waals surface area contributed by atoms with Gasteiger partial charge < -0.3 is 19.3 Å². The quantitative estimate of drug-likeness (QED) is 0.0489. The van der Waals surface area contributed by atoms with Gasteiger partial charge in [-0.3, -0.25) is 14.4 Å². The number of rotatable bonds is 34. The fourth-order valence-corrected chi connectivity index (χ4v) is 6.76. The maximum Gasteiger partial charge on any atom is 0.325 e. The molecule has 0 aliphatic carbocycles. The van der Waals surface area contributed by atoms with E-state index in [1.807, 2.05) is 14.1 Å². The van der Waals surface area contributed by atoms with Crippen molar-refractivity contribution in [2.24, 2.45) is 0 Å². The summed E-state index contributed by atoms with van der Waals surface area (Å²) in [4.78, 5) is 43.5.